The van der Waals surface area contributed by atoms with E-state index in [9.17, 15) is 14.4 Å². The van der Waals surface area contributed by atoms with Crippen LogP contribution < -0.4 is 5.32 Å². The average molecular weight is 368 g/mol. The normalized spacial score (nSPS) is 11.4. The lowest BCUT2D eigenvalue weighted by Gasteiger charge is -2.21. The van der Waals surface area contributed by atoms with Crippen molar-refractivity contribution in [3.63, 3.8) is 0 Å². The maximum absolute atomic E-state index is 12.4. The third-order valence-corrected chi connectivity index (χ3v) is 4.01. The van der Waals surface area contributed by atoms with Gasteiger partial charge in [0.05, 0.1) is 12.1 Å². The standard InChI is InChI=1S/C21H24N2O4/c1-14-5-9-17(10-6-14)21(26)27-16(3)20(25)23(4)13-19(24)22-18-11-7-15(2)8-12-18/h5-12,16H,13H2,1-4H3,(H,22,24)/t16-/m1/s1. The Labute approximate surface area is 159 Å². The zero-order valence-corrected chi connectivity index (χ0v) is 16.0. The predicted octanol–water partition coefficient (Wildman–Crippen LogP) is 2.95. The Hall–Kier alpha value is -3.15. The quantitative estimate of drug-likeness (QED) is 0.796. The number of nitrogens with zero attached hydrogens (tertiary/aromatic N) is 1. The van der Waals surface area contributed by atoms with Gasteiger partial charge in [-0.2, -0.15) is 0 Å². The van der Waals surface area contributed by atoms with Crippen LogP contribution in [0.5, 0.6) is 0 Å². The molecule has 0 saturated carbocycles. The monoisotopic (exact) mass is 368 g/mol. The molecule has 2 aromatic rings. The van der Waals surface area contributed by atoms with Gasteiger partial charge in [-0.25, -0.2) is 4.79 Å². The van der Waals surface area contributed by atoms with Gasteiger partial charge < -0.3 is 15.0 Å². The van der Waals surface area contributed by atoms with Gasteiger partial charge in [-0.1, -0.05) is 35.4 Å². The lowest BCUT2D eigenvalue weighted by Crippen LogP contribution is -2.41. The molecule has 0 spiro atoms. The number of nitrogens with one attached hydrogen (secondary N) is 1. The Bertz CT molecular complexity index is 813. The molecule has 0 aliphatic rings. The fourth-order valence-electron chi connectivity index (χ4n) is 2.41. The van der Waals surface area contributed by atoms with E-state index >= 15 is 0 Å². The Balaban J connectivity index is 1.87. The van der Waals surface area contributed by atoms with Crippen LogP contribution in [0.4, 0.5) is 5.69 Å². The van der Waals surface area contributed by atoms with Gasteiger partial charge in [0.1, 0.15) is 0 Å². The summed E-state index contributed by atoms with van der Waals surface area (Å²) in [4.78, 5) is 37.8. The van der Waals surface area contributed by atoms with Crippen LogP contribution in [0.1, 0.15) is 28.4 Å². The highest BCUT2D eigenvalue weighted by atomic mass is 16.5. The summed E-state index contributed by atoms with van der Waals surface area (Å²) in [5.41, 5.74) is 3.14. The van der Waals surface area contributed by atoms with Crippen molar-refractivity contribution in [2.24, 2.45) is 0 Å². The summed E-state index contributed by atoms with van der Waals surface area (Å²) in [6.07, 6.45) is -0.990. The molecule has 2 rings (SSSR count). The molecule has 1 N–H and O–H groups in total. The van der Waals surface area contributed by atoms with E-state index in [0.29, 0.717) is 11.3 Å². The number of likely N-dealkylation sites (N-methyl/N-ethyl adjacent to an activating group) is 1. The molecule has 0 saturated heterocycles. The molecule has 0 fully saturated rings. The van der Waals surface area contributed by atoms with Crippen LogP contribution in [0.2, 0.25) is 0 Å². The Morgan fingerprint density at radius 2 is 1.48 bits per heavy atom. The minimum Gasteiger partial charge on any atom is -0.449 e. The van der Waals surface area contributed by atoms with Crippen molar-refractivity contribution in [2.75, 3.05) is 18.9 Å². The number of esters is 1. The zero-order valence-electron chi connectivity index (χ0n) is 16.0. The van der Waals surface area contributed by atoms with E-state index in [-0.39, 0.29) is 12.5 Å². The van der Waals surface area contributed by atoms with Crippen molar-refractivity contribution in [1.29, 1.82) is 0 Å². The topological polar surface area (TPSA) is 75.7 Å². The van der Waals surface area contributed by atoms with Gasteiger partial charge in [-0.3, -0.25) is 9.59 Å². The van der Waals surface area contributed by atoms with Crippen LogP contribution in [-0.4, -0.2) is 42.4 Å². The number of hydrogen-bond donors (Lipinski definition) is 1. The van der Waals surface area contributed by atoms with Crippen LogP contribution >= 0.6 is 0 Å². The Morgan fingerprint density at radius 1 is 0.963 bits per heavy atom. The lowest BCUT2D eigenvalue weighted by atomic mass is 10.1. The average Bonchev–Trinajstić information content (AvgIpc) is 2.63. The summed E-state index contributed by atoms with van der Waals surface area (Å²) in [6, 6.07) is 14.2. The molecule has 0 aliphatic heterocycles. The first-order valence-corrected chi connectivity index (χ1v) is 8.65. The van der Waals surface area contributed by atoms with Crippen LogP contribution in [0.3, 0.4) is 0 Å². The molecular formula is C21H24N2O4. The smallest absolute Gasteiger partial charge is 0.338 e. The second-order valence-corrected chi connectivity index (χ2v) is 6.52. The first kappa shape index (κ1) is 20.2. The highest BCUT2D eigenvalue weighted by Crippen LogP contribution is 2.10. The summed E-state index contributed by atoms with van der Waals surface area (Å²) in [7, 11) is 1.49. The maximum Gasteiger partial charge on any atom is 0.338 e. The molecule has 27 heavy (non-hydrogen) atoms. The Morgan fingerprint density at radius 3 is 2.04 bits per heavy atom. The van der Waals surface area contributed by atoms with Crippen molar-refractivity contribution in [1.82, 2.24) is 4.90 Å². The predicted molar refractivity (Wildman–Crippen MR) is 104 cm³/mol. The SMILES string of the molecule is Cc1ccc(NC(=O)CN(C)C(=O)[C@@H](C)OC(=O)c2ccc(C)cc2)cc1. The van der Waals surface area contributed by atoms with E-state index < -0.39 is 18.0 Å². The van der Waals surface area contributed by atoms with Gasteiger partial charge in [0, 0.05) is 12.7 Å². The summed E-state index contributed by atoms with van der Waals surface area (Å²) in [5, 5.41) is 2.73. The van der Waals surface area contributed by atoms with Crippen LogP contribution in [0.15, 0.2) is 48.5 Å². The molecule has 0 heterocycles. The third-order valence-electron chi connectivity index (χ3n) is 4.01. The second-order valence-electron chi connectivity index (χ2n) is 6.52. The molecule has 0 aliphatic carbocycles. The van der Waals surface area contributed by atoms with E-state index in [2.05, 4.69) is 5.32 Å². The van der Waals surface area contributed by atoms with E-state index in [1.807, 2.05) is 26.0 Å². The van der Waals surface area contributed by atoms with Crippen LogP contribution in [0, 0.1) is 13.8 Å². The highest BCUT2D eigenvalue weighted by molar-refractivity contribution is 5.96. The lowest BCUT2D eigenvalue weighted by molar-refractivity contribution is -0.140. The van der Waals surface area contributed by atoms with E-state index in [0.717, 1.165) is 11.1 Å². The van der Waals surface area contributed by atoms with Crippen molar-refractivity contribution in [3.05, 3.63) is 65.2 Å². The van der Waals surface area contributed by atoms with Crippen molar-refractivity contribution < 1.29 is 19.1 Å². The molecule has 0 radical (unpaired) electrons. The largest absolute Gasteiger partial charge is 0.449 e. The number of benzene rings is 2. The summed E-state index contributed by atoms with van der Waals surface area (Å²) in [5.74, 6) is -1.35. The van der Waals surface area contributed by atoms with Crippen LogP contribution in [0.25, 0.3) is 0 Å². The molecule has 1 atom stereocenters. The van der Waals surface area contributed by atoms with Gasteiger partial charge >= 0.3 is 5.97 Å². The van der Waals surface area contributed by atoms with Crippen molar-refractivity contribution in [3.8, 4) is 0 Å². The number of amides is 2. The van der Waals surface area contributed by atoms with Gasteiger partial charge in [0.2, 0.25) is 5.91 Å². The molecule has 0 bridgehead atoms. The first-order chi connectivity index (χ1) is 12.8. The molecule has 0 aromatic heterocycles. The number of ether oxygens (including phenoxy) is 1. The highest BCUT2D eigenvalue weighted by Gasteiger charge is 2.23. The number of rotatable bonds is 6. The number of hydrogen-bond acceptors (Lipinski definition) is 4. The first-order valence-electron chi connectivity index (χ1n) is 8.65. The van der Waals surface area contributed by atoms with Crippen molar-refractivity contribution >= 4 is 23.5 Å². The van der Waals surface area contributed by atoms with Gasteiger partial charge in [-0.15, -0.1) is 0 Å². The molecular weight excluding hydrogens is 344 g/mol. The number of carbonyl (C=O) groups excluding carboxylic acids is 3. The van der Waals surface area contributed by atoms with Gasteiger partial charge in [0.25, 0.3) is 5.91 Å². The second kappa shape index (κ2) is 8.98. The van der Waals surface area contributed by atoms with Crippen molar-refractivity contribution in [2.45, 2.75) is 26.9 Å². The van der Waals surface area contributed by atoms with E-state index in [1.54, 1.807) is 36.4 Å². The maximum atomic E-state index is 12.4. The fourth-order valence-corrected chi connectivity index (χ4v) is 2.41. The zero-order chi connectivity index (χ0) is 20.0. The summed E-state index contributed by atoms with van der Waals surface area (Å²) >= 11 is 0. The fraction of sp³-hybridized carbons (Fsp3) is 0.286. The summed E-state index contributed by atoms with van der Waals surface area (Å²) in [6.45, 7) is 5.22. The molecule has 2 aromatic carbocycles. The molecule has 6 heteroatoms. The minimum absolute atomic E-state index is 0.140. The van der Waals surface area contributed by atoms with Gasteiger partial charge in [-0.05, 0) is 45.0 Å². The third kappa shape index (κ3) is 5.95. The minimum atomic E-state index is -0.990. The Kier molecular flexibility index (Phi) is 6.71. The number of aryl methyl sites for hydroxylation is 2. The molecule has 0 unspecified atom stereocenters. The molecule has 142 valence electrons. The molecule has 6 nitrogen and oxygen atoms in total. The molecule has 2 amide bonds. The van der Waals surface area contributed by atoms with Crippen LogP contribution in [-0.2, 0) is 14.3 Å². The summed E-state index contributed by atoms with van der Waals surface area (Å²) < 4.78 is 5.21. The van der Waals surface area contributed by atoms with E-state index in [4.69, 9.17) is 4.74 Å². The van der Waals surface area contributed by atoms with E-state index in [1.165, 1.54) is 18.9 Å². The number of carbonyl (C=O) groups is 3. The number of anilines is 1. The van der Waals surface area contributed by atoms with Gasteiger partial charge in [0.15, 0.2) is 6.10 Å².